The number of hydrazine groups is 1. The number of nitrogens with zero attached hydrogens (tertiary/aromatic N) is 4. The van der Waals surface area contributed by atoms with Crippen LogP contribution in [0.2, 0.25) is 0 Å². The minimum absolute atomic E-state index is 0.122. The molecule has 1 unspecified atom stereocenters. The van der Waals surface area contributed by atoms with Crippen molar-refractivity contribution in [3.8, 4) is 0 Å². The number of rotatable bonds is 3. The molecule has 6 heteroatoms. The Morgan fingerprint density at radius 3 is 2.81 bits per heavy atom. The lowest BCUT2D eigenvalue weighted by atomic mass is 10.0. The van der Waals surface area contributed by atoms with E-state index in [9.17, 15) is 0 Å². The summed E-state index contributed by atoms with van der Waals surface area (Å²) in [5.41, 5.74) is 5.84. The lowest BCUT2D eigenvalue weighted by molar-refractivity contribution is 0.568. The highest BCUT2D eigenvalue weighted by atomic mass is 15.4. The Balaban J connectivity index is 2.45. The van der Waals surface area contributed by atoms with E-state index >= 15 is 0 Å². The first-order valence-electron chi connectivity index (χ1n) is 4.95. The summed E-state index contributed by atoms with van der Waals surface area (Å²) in [4.78, 5) is 4.06. The normalized spacial score (nSPS) is 12.7. The van der Waals surface area contributed by atoms with Crippen LogP contribution >= 0.6 is 0 Å². The van der Waals surface area contributed by atoms with E-state index in [2.05, 4.69) is 20.7 Å². The summed E-state index contributed by atoms with van der Waals surface area (Å²) >= 11 is 0. The van der Waals surface area contributed by atoms with Gasteiger partial charge in [0.1, 0.15) is 0 Å². The average molecular weight is 218 g/mol. The summed E-state index contributed by atoms with van der Waals surface area (Å²) in [6, 6.07) is 1.82. The van der Waals surface area contributed by atoms with Gasteiger partial charge in [-0.05, 0) is 24.1 Å². The summed E-state index contributed by atoms with van der Waals surface area (Å²) in [7, 11) is 1.84. The molecule has 2 rings (SSSR count). The maximum absolute atomic E-state index is 5.59. The molecule has 0 spiro atoms. The van der Waals surface area contributed by atoms with Crippen molar-refractivity contribution in [2.45, 2.75) is 13.0 Å². The van der Waals surface area contributed by atoms with Gasteiger partial charge < -0.3 is 0 Å². The van der Waals surface area contributed by atoms with Gasteiger partial charge in [-0.1, -0.05) is 5.21 Å². The van der Waals surface area contributed by atoms with Gasteiger partial charge >= 0.3 is 0 Å². The number of nitrogens with one attached hydrogen (secondary N) is 1. The lowest BCUT2D eigenvalue weighted by Gasteiger charge is -2.17. The van der Waals surface area contributed by atoms with Crippen molar-refractivity contribution in [1.82, 2.24) is 25.4 Å². The van der Waals surface area contributed by atoms with Crippen LogP contribution in [-0.4, -0.2) is 20.0 Å². The second kappa shape index (κ2) is 4.38. The molecule has 1 atom stereocenters. The van der Waals surface area contributed by atoms with Crippen molar-refractivity contribution < 1.29 is 0 Å². The topological polar surface area (TPSA) is 81.7 Å². The fourth-order valence-corrected chi connectivity index (χ4v) is 1.70. The van der Waals surface area contributed by atoms with Crippen LogP contribution in [0.15, 0.2) is 24.7 Å². The highest BCUT2D eigenvalue weighted by molar-refractivity contribution is 5.31. The third-order valence-electron chi connectivity index (χ3n) is 2.59. The van der Waals surface area contributed by atoms with Crippen molar-refractivity contribution in [2.24, 2.45) is 12.9 Å². The van der Waals surface area contributed by atoms with Gasteiger partial charge in [-0.3, -0.25) is 15.5 Å². The van der Waals surface area contributed by atoms with Gasteiger partial charge in [0.05, 0.1) is 17.9 Å². The molecule has 0 aliphatic carbocycles. The zero-order valence-corrected chi connectivity index (χ0v) is 9.25. The quantitative estimate of drug-likeness (QED) is 0.563. The SMILES string of the molecule is Cc1cnccc1C(NN)c1cnnn1C. The van der Waals surface area contributed by atoms with E-state index in [1.54, 1.807) is 17.1 Å². The predicted octanol–water partition coefficient (Wildman–Crippen LogP) is 0.0712. The summed E-state index contributed by atoms with van der Waals surface area (Å²) in [6.07, 6.45) is 5.25. The van der Waals surface area contributed by atoms with Gasteiger partial charge in [0.2, 0.25) is 0 Å². The van der Waals surface area contributed by atoms with E-state index in [1.807, 2.05) is 26.2 Å². The van der Waals surface area contributed by atoms with E-state index in [0.717, 1.165) is 16.8 Å². The van der Waals surface area contributed by atoms with Crippen molar-refractivity contribution >= 4 is 0 Å². The summed E-state index contributed by atoms with van der Waals surface area (Å²) < 4.78 is 1.70. The van der Waals surface area contributed by atoms with Gasteiger partial charge in [0, 0.05) is 19.4 Å². The average Bonchev–Trinajstić information content (AvgIpc) is 2.69. The van der Waals surface area contributed by atoms with Gasteiger partial charge in [0.25, 0.3) is 0 Å². The number of nitrogens with two attached hydrogens (primary N) is 1. The molecule has 84 valence electrons. The monoisotopic (exact) mass is 218 g/mol. The molecule has 6 nitrogen and oxygen atoms in total. The molecule has 0 aliphatic heterocycles. The maximum atomic E-state index is 5.59. The minimum Gasteiger partial charge on any atom is -0.271 e. The second-order valence-electron chi connectivity index (χ2n) is 3.61. The molecule has 0 radical (unpaired) electrons. The number of hydrogen-bond acceptors (Lipinski definition) is 5. The van der Waals surface area contributed by atoms with Crippen molar-refractivity contribution in [3.05, 3.63) is 41.5 Å². The second-order valence-corrected chi connectivity index (χ2v) is 3.61. The third kappa shape index (κ3) is 1.80. The summed E-state index contributed by atoms with van der Waals surface area (Å²) in [5.74, 6) is 5.59. The molecule has 0 aliphatic rings. The van der Waals surface area contributed by atoms with Crippen molar-refractivity contribution in [3.63, 3.8) is 0 Å². The minimum atomic E-state index is -0.122. The van der Waals surface area contributed by atoms with E-state index < -0.39 is 0 Å². The highest BCUT2D eigenvalue weighted by Crippen LogP contribution is 2.21. The van der Waals surface area contributed by atoms with E-state index in [4.69, 9.17) is 5.84 Å². The lowest BCUT2D eigenvalue weighted by Crippen LogP contribution is -2.30. The van der Waals surface area contributed by atoms with Crippen molar-refractivity contribution in [1.29, 1.82) is 0 Å². The Morgan fingerprint density at radius 2 is 2.25 bits per heavy atom. The highest BCUT2D eigenvalue weighted by Gasteiger charge is 2.17. The van der Waals surface area contributed by atoms with Crippen LogP contribution in [0.5, 0.6) is 0 Å². The number of aromatic nitrogens is 4. The molecule has 16 heavy (non-hydrogen) atoms. The van der Waals surface area contributed by atoms with Gasteiger partial charge in [0.15, 0.2) is 0 Å². The first-order valence-corrected chi connectivity index (χ1v) is 4.95. The van der Waals surface area contributed by atoms with Crippen LogP contribution in [0, 0.1) is 6.92 Å². The molecule has 0 amide bonds. The molecule has 0 fully saturated rings. The summed E-state index contributed by atoms with van der Waals surface area (Å²) in [5, 5.41) is 7.74. The van der Waals surface area contributed by atoms with Gasteiger partial charge in [-0.2, -0.15) is 0 Å². The zero-order valence-electron chi connectivity index (χ0n) is 9.25. The fraction of sp³-hybridized carbons (Fsp3) is 0.300. The standard InChI is InChI=1S/C10H14N6/c1-7-5-12-4-3-8(7)10(14-11)9-6-13-15-16(9)2/h3-6,10,14H,11H2,1-2H3. The van der Waals surface area contributed by atoms with Crippen molar-refractivity contribution in [2.75, 3.05) is 0 Å². The van der Waals surface area contributed by atoms with Crippen LogP contribution in [0.3, 0.4) is 0 Å². The first-order chi connectivity index (χ1) is 7.74. The summed E-state index contributed by atoms with van der Waals surface area (Å²) in [6.45, 7) is 2.00. The number of pyridine rings is 1. The molecule has 0 bridgehead atoms. The smallest absolute Gasteiger partial charge is 0.0898 e. The van der Waals surface area contributed by atoms with Gasteiger partial charge in [-0.15, -0.1) is 5.10 Å². The molecule has 0 aromatic carbocycles. The Labute approximate surface area is 93.5 Å². The number of hydrogen-bond donors (Lipinski definition) is 2. The first kappa shape index (κ1) is 10.7. The Hall–Kier alpha value is -1.79. The molecule has 2 heterocycles. The molecule has 3 N–H and O–H groups in total. The molecule has 0 saturated carbocycles. The van der Waals surface area contributed by atoms with E-state index in [0.29, 0.717) is 0 Å². The molecule has 2 aromatic heterocycles. The molecular weight excluding hydrogens is 204 g/mol. The predicted molar refractivity (Wildman–Crippen MR) is 59.1 cm³/mol. The number of aryl methyl sites for hydroxylation is 2. The Bertz CT molecular complexity index is 478. The Morgan fingerprint density at radius 1 is 1.44 bits per heavy atom. The molecule has 0 saturated heterocycles. The van der Waals surface area contributed by atoms with Crippen LogP contribution in [0.1, 0.15) is 22.9 Å². The van der Waals surface area contributed by atoms with Gasteiger partial charge in [-0.25, -0.2) is 5.43 Å². The van der Waals surface area contributed by atoms with Crippen LogP contribution in [-0.2, 0) is 7.05 Å². The molecule has 2 aromatic rings. The van der Waals surface area contributed by atoms with Crippen LogP contribution < -0.4 is 11.3 Å². The zero-order chi connectivity index (χ0) is 11.5. The Kier molecular flexibility index (Phi) is 2.93. The molecular formula is C10H14N6. The third-order valence-corrected chi connectivity index (χ3v) is 2.59. The largest absolute Gasteiger partial charge is 0.271 e. The van der Waals surface area contributed by atoms with Crippen LogP contribution in [0.25, 0.3) is 0 Å². The van der Waals surface area contributed by atoms with E-state index in [-0.39, 0.29) is 6.04 Å². The fourth-order valence-electron chi connectivity index (χ4n) is 1.70. The maximum Gasteiger partial charge on any atom is 0.0898 e. The van der Waals surface area contributed by atoms with E-state index in [1.165, 1.54) is 0 Å². The van der Waals surface area contributed by atoms with Crippen LogP contribution in [0.4, 0.5) is 0 Å².